The first-order chi connectivity index (χ1) is 19.3. The summed E-state index contributed by atoms with van der Waals surface area (Å²) in [5, 5.41) is 0. The minimum absolute atomic E-state index is 0.262. The molecular formula is C31H34N4O5. The van der Waals surface area contributed by atoms with Crippen LogP contribution in [-0.2, 0) is 4.79 Å². The Bertz CT molecular complexity index is 1360. The summed E-state index contributed by atoms with van der Waals surface area (Å²) in [5.74, 6) is 0.912. The van der Waals surface area contributed by atoms with Crippen LogP contribution in [-0.4, -0.2) is 60.9 Å². The number of rotatable bonds is 12. The third kappa shape index (κ3) is 6.68. The maximum atomic E-state index is 13.2. The molecule has 1 aliphatic rings. The zero-order chi connectivity index (χ0) is 28.6. The molecule has 9 nitrogen and oxygen atoms in total. The van der Waals surface area contributed by atoms with Crippen molar-refractivity contribution in [3.8, 4) is 17.2 Å². The van der Waals surface area contributed by atoms with Crippen molar-refractivity contribution in [2.45, 2.75) is 20.3 Å². The Morgan fingerprint density at radius 3 is 2.02 bits per heavy atom. The van der Waals surface area contributed by atoms with Crippen LogP contribution in [0.4, 0.5) is 10.5 Å². The number of hydrogen-bond donors (Lipinski definition) is 1. The molecule has 0 unspecified atom stereocenters. The van der Waals surface area contributed by atoms with Crippen LogP contribution in [0.3, 0.4) is 0 Å². The summed E-state index contributed by atoms with van der Waals surface area (Å²) in [6, 6.07) is 20.2. The van der Waals surface area contributed by atoms with Gasteiger partial charge in [0, 0.05) is 19.2 Å². The molecule has 0 aromatic heterocycles. The van der Waals surface area contributed by atoms with E-state index in [1.807, 2.05) is 0 Å². The summed E-state index contributed by atoms with van der Waals surface area (Å²) in [7, 11) is 1.58. The second kappa shape index (κ2) is 12.9. The molecule has 0 radical (unpaired) electrons. The number of amides is 4. The first-order valence-electron chi connectivity index (χ1n) is 13.3. The van der Waals surface area contributed by atoms with Crippen molar-refractivity contribution >= 4 is 29.6 Å². The second-order valence-electron chi connectivity index (χ2n) is 9.29. The van der Waals surface area contributed by atoms with Gasteiger partial charge in [0.1, 0.15) is 22.9 Å². The van der Waals surface area contributed by atoms with Gasteiger partial charge in [0.05, 0.1) is 12.3 Å². The van der Waals surface area contributed by atoms with Crippen LogP contribution in [0.2, 0.25) is 0 Å². The summed E-state index contributed by atoms with van der Waals surface area (Å²) >= 11 is 0. The van der Waals surface area contributed by atoms with Gasteiger partial charge in [-0.05, 0) is 91.8 Å². The molecule has 208 valence electrons. The molecule has 0 bridgehead atoms. The highest BCUT2D eigenvalue weighted by atomic mass is 16.5. The lowest BCUT2D eigenvalue weighted by atomic mass is 10.1. The standard InChI is InChI=1S/C31H34N4O5/c1-4-34(5-2)19-6-20-39-25-17-11-24(12-18-25)35-30(37)28(33(3)31(35)38)21-22-7-13-26(14-8-22)40-27-15-9-23(10-16-27)29(32)36/h7-18,21H,4-6,19-20H2,1-3H3,(H2,32,36). The van der Waals surface area contributed by atoms with Gasteiger partial charge in [-0.2, -0.15) is 0 Å². The largest absolute Gasteiger partial charge is 0.494 e. The highest BCUT2D eigenvalue weighted by Gasteiger charge is 2.39. The normalized spacial score (nSPS) is 14.3. The van der Waals surface area contributed by atoms with Crippen LogP contribution < -0.4 is 20.1 Å². The molecule has 9 heteroatoms. The van der Waals surface area contributed by atoms with Gasteiger partial charge in [0.15, 0.2) is 0 Å². The summed E-state index contributed by atoms with van der Waals surface area (Å²) < 4.78 is 11.6. The molecule has 4 amide bonds. The van der Waals surface area contributed by atoms with E-state index in [1.54, 1.807) is 85.9 Å². The number of likely N-dealkylation sites (N-methyl/N-ethyl adjacent to an activating group) is 1. The number of hydrogen-bond acceptors (Lipinski definition) is 6. The Morgan fingerprint density at radius 2 is 1.45 bits per heavy atom. The van der Waals surface area contributed by atoms with E-state index in [1.165, 1.54) is 4.90 Å². The van der Waals surface area contributed by atoms with E-state index in [9.17, 15) is 14.4 Å². The molecule has 1 aliphatic heterocycles. The number of anilines is 1. The number of nitrogens with two attached hydrogens (primary N) is 1. The van der Waals surface area contributed by atoms with Crippen LogP contribution >= 0.6 is 0 Å². The van der Waals surface area contributed by atoms with E-state index in [2.05, 4.69) is 18.7 Å². The molecule has 0 saturated carbocycles. The molecule has 0 aliphatic carbocycles. The zero-order valence-corrected chi connectivity index (χ0v) is 23.0. The van der Waals surface area contributed by atoms with Crippen molar-refractivity contribution in [3.63, 3.8) is 0 Å². The fraction of sp³-hybridized carbons (Fsp3) is 0.258. The first kappa shape index (κ1) is 28.4. The number of carbonyl (C=O) groups excluding carboxylic acids is 3. The lowest BCUT2D eigenvalue weighted by Crippen LogP contribution is -2.31. The van der Waals surface area contributed by atoms with Crippen molar-refractivity contribution < 1.29 is 23.9 Å². The van der Waals surface area contributed by atoms with E-state index in [0.717, 1.165) is 36.5 Å². The molecule has 3 aromatic rings. The highest BCUT2D eigenvalue weighted by Crippen LogP contribution is 2.30. The average molecular weight is 543 g/mol. The number of benzene rings is 3. The van der Waals surface area contributed by atoms with E-state index >= 15 is 0 Å². The van der Waals surface area contributed by atoms with Crippen molar-refractivity contribution in [1.29, 1.82) is 0 Å². The molecule has 40 heavy (non-hydrogen) atoms. The molecule has 1 fully saturated rings. The first-order valence-corrected chi connectivity index (χ1v) is 13.3. The average Bonchev–Trinajstić information content (AvgIpc) is 3.17. The van der Waals surface area contributed by atoms with Gasteiger partial charge >= 0.3 is 6.03 Å². The Hall–Kier alpha value is -4.63. The van der Waals surface area contributed by atoms with Gasteiger partial charge in [-0.1, -0.05) is 26.0 Å². The number of primary amides is 1. The predicted octanol–water partition coefficient (Wildman–Crippen LogP) is 5.13. The molecule has 2 N–H and O–H groups in total. The summed E-state index contributed by atoms with van der Waals surface area (Å²) in [4.78, 5) is 42.3. The van der Waals surface area contributed by atoms with Crippen LogP contribution in [0.5, 0.6) is 17.2 Å². The molecule has 1 saturated heterocycles. The number of urea groups is 1. The molecule has 4 rings (SSSR count). The lowest BCUT2D eigenvalue weighted by Gasteiger charge is -2.18. The van der Waals surface area contributed by atoms with E-state index < -0.39 is 17.8 Å². The molecule has 1 heterocycles. The van der Waals surface area contributed by atoms with Gasteiger partial charge in [0.2, 0.25) is 5.91 Å². The maximum absolute atomic E-state index is 13.2. The fourth-order valence-corrected chi connectivity index (χ4v) is 4.31. The topological polar surface area (TPSA) is 105 Å². The third-order valence-corrected chi connectivity index (χ3v) is 6.70. The van der Waals surface area contributed by atoms with Gasteiger partial charge in [0.25, 0.3) is 5.91 Å². The second-order valence-corrected chi connectivity index (χ2v) is 9.29. The van der Waals surface area contributed by atoms with E-state index in [4.69, 9.17) is 15.2 Å². The lowest BCUT2D eigenvalue weighted by molar-refractivity contribution is -0.114. The summed E-state index contributed by atoms with van der Waals surface area (Å²) in [6.45, 7) is 7.89. The van der Waals surface area contributed by atoms with Gasteiger partial charge in [-0.15, -0.1) is 0 Å². The quantitative estimate of drug-likeness (QED) is 0.193. The number of imide groups is 1. The summed E-state index contributed by atoms with van der Waals surface area (Å²) in [5.41, 5.74) is 7.14. The van der Waals surface area contributed by atoms with Crippen LogP contribution in [0.25, 0.3) is 6.08 Å². The van der Waals surface area contributed by atoms with Crippen molar-refractivity contribution in [1.82, 2.24) is 9.80 Å². The fourth-order valence-electron chi connectivity index (χ4n) is 4.31. The number of ether oxygens (including phenoxy) is 2. The highest BCUT2D eigenvalue weighted by molar-refractivity contribution is 6.28. The minimum Gasteiger partial charge on any atom is -0.494 e. The van der Waals surface area contributed by atoms with Crippen LogP contribution in [0.1, 0.15) is 36.2 Å². The van der Waals surface area contributed by atoms with Crippen LogP contribution in [0, 0.1) is 0 Å². The van der Waals surface area contributed by atoms with Crippen molar-refractivity contribution in [2.75, 3.05) is 38.2 Å². The molecule has 3 aromatic carbocycles. The van der Waals surface area contributed by atoms with Gasteiger partial charge in [-0.25, -0.2) is 9.69 Å². The maximum Gasteiger partial charge on any atom is 0.336 e. The number of carbonyl (C=O) groups is 3. The number of nitrogens with zero attached hydrogens (tertiary/aromatic N) is 3. The zero-order valence-electron chi connectivity index (χ0n) is 23.0. The van der Waals surface area contributed by atoms with Crippen molar-refractivity contribution in [3.05, 3.63) is 89.6 Å². The minimum atomic E-state index is -0.504. The molecule has 0 atom stereocenters. The Labute approximate surface area is 234 Å². The van der Waals surface area contributed by atoms with E-state index in [0.29, 0.717) is 35.1 Å². The van der Waals surface area contributed by atoms with Gasteiger partial charge in [-0.3, -0.25) is 14.5 Å². The monoisotopic (exact) mass is 542 g/mol. The molecule has 0 spiro atoms. The summed E-state index contributed by atoms with van der Waals surface area (Å²) in [6.07, 6.45) is 2.58. The SMILES string of the molecule is CCN(CC)CCCOc1ccc(N2C(=O)C(=Cc3ccc(Oc4ccc(C(N)=O)cc4)cc3)N(C)C2=O)cc1. The third-order valence-electron chi connectivity index (χ3n) is 6.70. The van der Waals surface area contributed by atoms with Crippen molar-refractivity contribution in [2.24, 2.45) is 5.73 Å². The Morgan fingerprint density at radius 1 is 0.875 bits per heavy atom. The van der Waals surface area contributed by atoms with Crippen LogP contribution in [0.15, 0.2) is 78.5 Å². The Kier molecular flexibility index (Phi) is 9.19. The van der Waals surface area contributed by atoms with Gasteiger partial charge < -0.3 is 20.1 Å². The molecular weight excluding hydrogens is 508 g/mol. The Balaban J connectivity index is 1.39. The smallest absolute Gasteiger partial charge is 0.336 e. The van der Waals surface area contributed by atoms with E-state index in [-0.39, 0.29) is 5.70 Å². The predicted molar refractivity (Wildman–Crippen MR) is 154 cm³/mol.